The SMILES string of the molecule is COc1cc(C=Nc2ccc(C)cc2[N+](=O)[O-])ccc1OCC(C)C. The molecule has 2 aromatic carbocycles. The molecule has 6 heteroatoms. The van der Waals surface area contributed by atoms with Crippen LogP contribution in [0.4, 0.5) is 11.4 Å². The Morgan fingerprint density at radius 1 is 1.20 bits per heavy atom. The molecule has 0 amide bonds. The van der Waals surface area contributed by atoms with Gasteiger partial charge in [0.1, 0.15) is 5.69 Å². The Labute approximate surface area is 147 Å². The number of hydrogen-bond donors (Lipinski definition) is 0. The molecule has 25 heavy (non-hydrogen) atoms. The number of aryl methyl sites for hydroxylation is 1. The van der Waals surface area contributed by atoms with Crippen LogP contribution in [0.2, 0.25) is 0 Å². The molecule has 0 saturated heterocycles. The van der Waals surface area contributed by atoms with Crippen LogP contribution in [-0.2, 0) is 0 Å². The number of nitro groups is 1. The van der Waals surface area contributed by atoms with Crippen molar-refractivity contribution in [3.8, 4) is 11.5 Å². The first-order valence-corrected chi connectivity index (χ1v) is 8.00. The number of rotatable bonds is 7. The minimum absolute atomic E-state index is 0.0138. The van der Waals surface area contributed by atoms with Crippen LogP contribution >= 0.6 is 0 Å². The van der Waals surface area contributed by atoms with E-state index in [9.17, 15) is 10.1 Å². The van der Waals surface area contributed by atoms with Crippen molar-refractivity contribution in [3.63, 3.8) is 0 Å². The second-order valence-corrected chi connectivity index (χ2v) is 6.12. The first-order chi connectivity index (χ1) is 11.9. The predicted octanol–water partition coefficient (Wildman–Crippen LogP) is 4.70. The summed E-state index contributed by atoms with van der Waals surface area (Å²) < 4.78 is 11.1. The molecular formula is C19H22N2O4. The van der Waals surface area contributed by atoms with E-state index in [0.717, 1.165) is 11.1 Å². The van der Waals surface area contributed by atoms with Crippen molar-refractivity contribution < 1.29 is 14.4 Å². The fourth-order valence-corrected chi connectivity index (χ4v) is 2.17. The van der Waals surface area contributed by atoms with Crippen LogP contribution in [0.5, 0.6) is 11.5 Å². The summed E-state index contributed by atoms with van der Waals surface area (Å²) in [7, 11) is 1.57. The molecule has 0 saturated carbocycles. The monoisotopic (exact) mass is 342 g/mol. The molecule has 0 bridgehead atoms. The number of nitrogens with zero attached hydrogens (tertiary/aromatic N) is 2. The Balaban J connectivity index is 2.26. The van der Waals surface area contributed by atoms with Crippen LogP contribution in [0.15, 0.2) is 41.4 Å². The van der Waals surface area contributed by atoms with E-state index in [1.54, 1.807) is 38.4 Å². The van der Waals surface area contributed by atoms with Crippen LogP contribution < -0.4 is 9.47 Å². The van der Waals surface area contributed by atoms with Gasteiger partial charge in [0.05, 0.1) is 18.6 Å². The zero-order valence-corrected chi connectivity index (χ0v) is 14.9. The molecule has 0 aliphatic heterocycles. The van der Waals surface area contributed by atoms with Crippen molar-refractivity contribution in [3.05, 3.63) is 57.6 Å². The summed E-state index contributed by atoms with van der Waals surface area (Å²) in [4.78, 5) is 15.0. The van der Waals surface area contributed by atoms with E-state index in [-0.39, 0.29) is 5.69 Å². The van der Waals surface area contributed by atoms with Gasteiger partial charge in [0.2, 0.25) is 0 Å². The third-order valence-electron chi connectivity index (χ3n) is 3.44. The van der Waals surface area contributed by atoms with Gasteiger partial charge in [-0.25, -0.2) is 4.99 Å². The summed E-state index contributed by atoms with van der Waals surface area (Å²) in [6.45, 7) is 6.55. The maximum absolute atomic E-state index is 11.2. The van der Waals surface area contributed by atoms with Gasteiger partial charge in [0.15, 0.2) is 11.5 Å². The van der Waals surface area contributed by atoms with E-state index in [1.165, 1.54) is 6.07 Å². The van der Waals surface area contributed by atoms with Crippen LogP contribution in [0.1, 0.15) is 25.0 Å². The lowest BCUT2D eigenvalue weighted by Gasteiger charge is -2.12. The summed E-state index contributed by atoms with van der Waals surface area (Å²) in [6, 6.07) is 10.4. The molecule has 0 aliphatic rings. The quantitative estimate of drug-likeness (QED) is 0.415. The summed E-state index contributed by atoms with van der Waals surface area (Å²) in [5.41, 5.74) is 1.89. The second-order valence-electron chi connectivity index (χ2n) is 6.12. The maximum atomic E-state index is 11.2. The lowest BCUT2D eigenvalue weighted by Crippen LogP contribution is -2.05. The Hall–Kier alpha value is -2.89. The first kappa shape index (κ1) is 18.4. The van der Waals surface area contributed by atoms with Gasteiger partial charge in [-0.15, -0.1) is 0 Å². The zero-order chi connectivity index (χ0) is 18.4. The van der Waals surface area contributed by atoms with Crippen LogP contribution in [0, 0.1) is 23.0 Å². The molecule has 0 atom stereocenters. The average molecular weight is 342 g/mol. The van der Waals surface area contributed by atoms with Crippen molar-refractivity contribution in [1.29, 1.82) is 0 Å². The Morgan fingerprint density at radius 2 is 1.96 bits per heavy atom. The topological polar surface area (TPSA) is 74.0 Å². The first-order valence-electron chi connectivity index (χ1n) is 8.00. The smallest absolute Gasteiger partial charge is 0.295 e. The summed E-state index contributed by atoms with van der Waals surface area (Å²) in [5, 5.41) is 11.2. The van der Waals surface area contributed by atoms with E-state index in [4.69, 9.17) is 9.47 Å². The Morgan fingerprint density at radius 3 is 2.60 bits per heavy atom. The molecule has 6 nitrogen and oxygen atoms in total. The van der Waals surface area contributed by atoms with Gasteiger partial charge in [-0.05, 0) is 48.2 Å². The number of hydrogen-bond acceptors (Lipinski definition) is 5. The lowest BCUT2D eigenvalue weighted by atomic mass is 10.2. The molecule has 0 radical (unpaired) electrons. The molecule has 0 heterocycles. The van der Waals surface area contributed by atoms with Crippen molar-refractivity contribution in [1.82, 2.24) is 0 Å². The number of aliphatic imine (C=N–C) groups is 1. The molecule has 2 aromatic rings. The highest BCUT2D eigenvalue weighted by atomic mass is 16.6. The molecular weight excluding hydrogens is 320 g/mol. The van der Waals surface area contributed by atoms with Crippen molar-refractivity contribution >= 4 is 17.6 Å². The summed E-state index contributed by atoms with van der Waals surface area (Å²) >= 11 is 0. The van der Waals surface area contributed by atoms with Crippen LogP contribution in [0.3, 0.4) is 0 Å². The second kappa shape index (κ2) is 8.28. The van der Waals surface area contributed by atoms with Gasteiger partial charge in [-0.3, -0.25) is 10.1 Å². The van der Waals surface area contributed by atoms with Gasteiger partial charge < -0.3 is 9.47 Å². The molecule has 0 fully saturated rings. The lowest BCUT2D eigenvalue weighted by molar-refractivity contribution is -0.384. The third-order valence-corrected chi connectivity index (χ3v) is 3.44. The van der Waals surface area contributed by atoms with Gasteiger partial charge in [0, 0.05) is 12.3 Å². The van der Waals surface area contributed by atoms with Gasteiger partial charge in [-0.2, -0.15) is 0 Å². The van der Waals surface area contributed by atoms with Gasteiger partial charge in [0.25, 0.3) is 5.69 Å². The van der Waals surface area contributed by atoms with Crippen molar-refractivity contribution in [2.45, 2.75) is 20.8 Å². The Kier molecular flexibility index (Phi) is 6.11. The number of nitro benzene ring substituents is 1. The van der Waals surface area contributed by atoms with Crippen molar-refractivity contribution in [2.75, 3.05) is 13.7 Å². The fourth-order valence-electron chi connectivity index (χ4n) is 2.17. The molecule has 0 spiro atoms. The van der Waals surface area contributed by atoms with E-state index in [2.05, 4.69) is 18.8 Å². The van der Waals surface area contributed by atoms with Crippen molar-refractivity contribution in [2.24, 2.45) is 10.9 Å². The molecule has 2 rings (SSSR count). The molecule has 0 unspecified atom stereocenters. The molecule has 0 N–H and O–H groups in total. The number of methoxy groups -OCH3 is 1. The summed E-state index contributed by atoms with van der Waals surface area (Å²) in [6.07, 6.45) is 1.58. The molecule has 132 valence electrons. The van der Waals surface area contributed by atoms with E-state index >= 15 is 0 Å². The average Bonchev–Trinajstić information content (AvgIpc) is 2.58. The van der Waals surface area contributed by atoms with Crippen LogP contribution in [0.25, 0.3) is 0 Å². The predicted molar refractivity (Wildman–Crippen MR) is 98.4 cm³/mol. The molecule has 0 aromatic heterocycles. The highest BCUT2D eigenvalue weighted by Gasteiger charge is 2.12. The van der Waals surface area contributed by atoms with E-state index < -0.39 is 4.92 Å². The maximum Gasteiger partial charge on any atom is 0.295 e. The normalized spacial score (nSPS) is 11.1. The highest BCUT2D eigenvalue weighted by molar-refractivity contribution is 5.84. The molecule has 0 aliphatic carbocycles. The third kappa shape index (κ3) is 5.04. The van der Waals surface area contributed by atoms with Gasteiger partial charge >= 0.3 is 0 Å². The van der Waals surface area contributed by atoms with Crippen LogP contribution in [-0.4, -0.2) is 24.9 Å². The zero-order valence-electron chi connectivity index (χ0n) is 14.9. The standard InChI is InChI=1S/C19H22N2O4/c1-13(2)12-25-18-8-6-15(10-19(18)24-4)11-20-16-7-5-14(3)9-17(16)21(22)23/h5-11,13H,12H2,1-4H3. The van der Waals surface area contributed by atoms with E-state index in [0.29, 0.717) is 29.7 Å². The minimum Gasteiger partial charge on any atom is -0.493 e. The Bertz CT molecular complexity index is 785. The minimum atomic E-state index is -0.427. The van der Waals surface area contributed by atoms with E-state index in [1.807, 2.05) is 12.1 Å². The number of ether oxygens (including phenoxy) is 2. The van der Waals surface area contributed by atoms with Gasteiger partial charge in [-0.1, -0.05) is 19.9 Å². The fraction of sp³-hybridized carbons (Fsp3) is 0.316. The highest BCUT2D eigenvalue weighted by Crippen LogP contribution is 2.30. The summed E-state index contributed by atoms with van der Waals surface area (Å²) in [5.74, 6) is 1.67. The largest absolute Gasteiger partial charge is 0.493 e. The number of benzene rings is 2.